The van der Waals surface area contributed by atoms with E-state index in [2.05, 4.69) is 23.3 Å². The lowest BCUT2D eigenvalue weighted by Crippen LogP contribution is -2.39. The molecule has 1 aliphatic rings. The third-order valence-electron chi connectivity index (χ3n) is 3.55. The first-order valence-electron chi connectivity index (χ1n) is 7.12. The van der Waals surface area contributed by atoms with Crippen molar-refractivity contribution in [3.8, 4) is 0 Å². The van der Waals surface area contributed by atoms with Crippen molar-refractivity contribution in [2.75, 3.05) is 13.2 Å². The van der Waals surface area contributed by atoms with E-state index in [0.717, 1.165) is 26.0 Å². The minimum Gasteiger partial charge on any atom is -0.378 e. The van der Waals surface area contributed by atoms with Gasteiger partial charge in [-0.05, 0) is 43.9 Å². The number of rotatable bonds is 6. The molecule has 1 aromatic rings. The Balaban J connectivity index is 1.67. The summed E-state index contributed by atoms with van der Waals surface area (Å²) in [6, 6.07) is 4.77. The summed E-state index contributed by atoms with van der Waals surface area (Å²) in [6.07, 6.45) is 10.0. The highest BCUT2D eigenvalue weighted by atomic mass is 16.5. The molecule has 0 aliphatic carbocycles. The molecule has 0 saturated carbocycles. The lowest BCUT2D eigenvalue weighted by molar-refractivity contribution is -0.00300. The molecule has 0 amide bonds. The van der Waals surface area contributed by atoms with E-state index in [4.69, 9.17) is 4.74 Å². The fourth-order valence-electron chi connectivity index (χ4n) is 2.56. The molecule has 1 aliphatic heterocycles. The molecular formula is C15H24N2O. The topological polar surface area (TPSA) is 34.2 Å². The maximum absolute atomic E-state index is 5.76. The highest BCUT2D eigenvalue weighted by Gasteiger charge is 2.21. The molecule has 0 spiro atoms. The third kappa shape index (κ3) is 4.39. The Kier molecular flexibility index (Phi) is 5.62. The maximum atomic E-state index is 5.76. The lowest BCUT2D eigenvalue weighted by atomic mass is 10.00. The first-order chi connectivity index (χ1) is 8.88. The second kappa shape index (κ2) is 7.49. The molecule has 3 nitrogen and oxygen atoms in total. The zero-order chi connectivity index (χ0) is 12.6. The fourth-order valence-corrected chi connectivity index (χ4v) is 2.56. The van der Waals surface area contributed by atoms with Crippen molar-refractivity contribution in [2.45, 2.75) is 51.2 Å². The Morgan fingerprint density at radius 3 is 3.22 bits per heavy atom. The van der Waals surface area contributed by atoms with Crippen LogP contribution in [0, 0.1) is 0 Å². The van der Waals surface area contributed by atoms with Gasteiger partial charge in [-0.15, -0.1) is 0 Å². The molecule has 2 unspecified atom stereocenters. The lowest BCUT2D eigenvalue weighted by Gasteiger charge is -2.30. The Hall–Kier alpha value is -0.930. The van der Waals surface area contributed by atoms with Crippen LogP contribution in [0.4, 0.5) is 0 Å². The van der Waals surface area contributed by atoms with Crippen LogP contribution in [0.5, 0.6) is 0 Å². The van der Waals surface area contributed by atoms with Gasteiger partial charge in [0.25, 0.3) is 0 Å². The number of nitrogens with zero attached hydrogens (tertiary/aromatic N) is 1. The molecule has 1 saturated heterocycles. The van der Waals surface area contributed by atoms with Gasteiger partial charge >= 0.3 is 0 Å². The SMILES string of the molecule is CCCC1CC(NCCc2cccnc2)CCO1. The summed E-state index contributed by atoms with van der Waals surface area (Å²) in [4.78, 5) is 4.14. The van der Waals surface area contributed by atoms with Crippen molar-refractivity contribution in [1.82, 2.24) is 10.3 Å². The van der Waals surface area contributed by atoms with Gasteiger partial charge in [-0.2, -0.15) is 0 Å². The van der Waals surface area contributed by atoms with Crippen LogP contribution in [0.2, 0.25) is 0 Å². The van der Waals surface area contributed by atoms with Crippen molar-refractivity contribution in [3.63, 3.8) is 0 Å². The molecule has 2 rings (SSSR count). The maximum Gasteiger partial charge on any atom is 0.0589 e. The van der Waals surface area contributed by atoms with Crippen molar-refractivity contribution in [2.24, 2.45) is 0 Å². The number of hydrogen-bond acceptors (Lipinski definition) is 3. The minimum atomic E-state index is 0.472. The van der Waals surface area contributed by atoms with Crippen LogP contribution in [0.15, 0.2) is 24.5 Å². The average Bonchev–Trinajstić information content (AvgIpc) is 2.41. The first kappa shape index (κ1) is 13.5. The molecule has 0 radical (unpaired) electrons. The number of hydrogen-bond donors (Lipinski definition) is 1. The molecular weight excluding hydrogens is 224 g/mol. The van der Waals surface area contributed by atoms with Gasteiger partial charge in [-0.3, -0.25) is 4.98 Å². The van der Waals surface area contributed by atoms with E-state index in [1.807, 2.05) is 18.5 Å². The second-order valence-electron chi connectivity index (χ2n) is 5.07. The summed E-state index contributed by atoms with van der Waals surface area (Å²) < 4.78 is 5.76. The molecule has 1 fully saturated rings. The van der Waals surface area contributed by atoms with E-state index in [1.165, 1.54) is 24.8 Å². The van der Waals surface area contributed by atoms with Crippen LogP contribution in [0.3, 0.4) is 0 Å². The summed E-state index contributed by atoms with van der Waals surface area (Å²) in [7, 11) is 0. The van der Waals surface area contributed by atoms with Gasteiger partial charge in [0.15, 0.2) is 0 Å². The number of ether oxygens (including phenoxy) is 1. The van der Waals surface area contributed by atoms with Gasteiger partial charge in [0, 0.05) is 25.0 Å². The van der Waals surface area contributed by atoms with E-state index >= 15 is 0 Å². The molecule has 2 atom stereocenters. The molecule has 0 aromatic carbocycles. The van der Waals surface area contributed by atoms with Gasteiger partial charge in [-0.1, -0.05) is 19.4 Å². The van der Waals surface area contributed by atoms with Crippen LogP contribution in [-0.4, -0.2) is 30.3 Å². The smallest absolute Gasteiger partial charge is 0.0589 e. The molecule has 3 heteroatoms. The molecule has 0 bridgehead atoms. The summed E-state index contributed by atoms with van der Waals surface area (Å²) in [5.74, 6) is 0. The number of pyridine rings is 1. The zero-order valence-corrected chi connectivity index (χ0v) is 11.3. The Morgan fingerprint density at radius 2 is 2.44 bits per heavy atom. The van der Waals surface area contributed by atoms with E-state index in [9.17, 15) is 0 Å². The highest BCUT2D eigenvalue weighted by molar-refractivity contribution is 5.08. The van der Waals surface area contributed by atoms with E-state index in [0.29, 0.717) is 12.1 Å². The van der Waals surface area contributed by atoms with Gasteiger partial charge in [-0.25, -0.2) is 0 Å². The summed E-state index contributed by atoms with van der Waals surface area (Å²) in [5, 5.41) is 3.65. The summed E-state index contributed by atoms with van der Waals surface area (Å²) in [6.45, 7) is 4.17. The normalized spacial score (nSPS) is 24.1. The fraction of sp³-hybridized carbons (Fsp3) is 0.667. The van der Waals surface area contributed by atoms with Crippen molar-refractivity contribution >= 4 is 0 Å². The van der Waals surface area contributed by atoms with E-state index in [-0.39, 0.29) is 0 Å². The Bertz CT molecular complexity index is 327. The van der Waals surface area contributed by atoms with Crippen LogP contribution in [0.25, 0.3) is 0 Å². The molecule has 2 heterocycles. The summed E-state index contributed by atoms with van der Waals surface area (Å²) in [5.41, 5.74) is 1.31. The van der Waals surface area contributed by atoms with Crippen LogP contribution < -0.4 is 5.32 Å². The summed E-state index contributed by atoms with van der Waals surface area (Å²) >= 11 is 0. The van der Waals surface area contributed by atoms with Crippen molar-refractivity contribution < 1.29 is 4.74 Å². The average molecular weight is 248 g/mol. The van der Waals surface area contributed by atoms with Crippen molar-refractivity contribution in [1.29, 1.82) is 0 Å². The van der Waals surface area contributed by atoms with Crippen LogP contribution in [-0.2, 0) is 11.2 Å². The van der Waals surface area contributed by atoms with Crippen molar-refractivity contribution in [3.05, 3.63) is 30.1 Å². The molecule has 1 aromatic heterocycles. The molecule has 1 N–H and O–H groups in total. The monoisotopic (exact) mass is 248 g/mol. The van der Waals surface area contributed by atoms with Gasteiger partial charge in [0.1, 0.15) is 0 Å². The van der Waals surface area contributed by atoms with Crippen LogP contribution >= 0.6 is 0 Å². The highest BCUT2D eigenvalue weighted by Crippen LogP contribution is 2.17. The molecule has 100 valence electrons. The van der Waals surface area contributed by atoms with Gasteiger partial charge in [0.05, 0.1) is 6.10 Å². The first-order valence-corrected chi connectivity index (χ1v) is 7.12. The quantitative estimate of drug-likeness (QED) is 0.840. The van der Waals surface area contributed by atoms with Crippen LogP contribution in [0.1, 0.15) is 38.2 Å². The minimum absolute atomic E-state index is 0.472. The number of aromatic nitrogens is 1. The van der Waals surface area contributed by atoms with Gasteiger partial charge in [0.2, 0.25) is 0 Å². The van der Waals surface area contributed by atoms with E-state index < -0.39 is 0 Å². The standard InChI is InChI=1S/C15H24N2O/c1-2-4-15-11-14(7-10-18-15)17-9-6-13-5-3-8-16-12-13/h3,5,8,12,14-15,17H,2,4,6-7,9-11H2,1H3. The predicted molar refractivity (Wildman–Crippen MR) is 73.6 cm³/mol. The second-order valence-corrected chi connectivity index (χ2v) is 5.07. The third-order valence-corrected chi connectivity index (χ3v) is 3.55. The predicted octanol–water partition coefficient (Wildman–Crippen LogP) is 2.56. The van der Waals surface area contributed by atoms with Gasteiger partial charge < -0.3 is 10.1 Å². The Labute approximate surface area is 110 Å². The molecule has 18 heavy (non-hydrogen) atoms. The number of nitrogens with one attached hydrogen (secondary N) is 1. The zero-order valence-electron chi connectivity index (χ0n) is 11.3. The Morgan fingerprint density at radius 1 is 1.50 bits per heavy atom. The van der Waals surface area contributed by atoms with E-state index in [1.54, 1.807) is 0 Å². The largest absolute Gasteiger partial charge is 0.378 e.